The van der Waals surface area contributed by atoms with Crippen LogP contribution in [0.2, 0.25) is 0 Å². The van der Waals surface area contributed by atoms with Gasteiger partial charge in [-0.2, -0.15) is 0 Å². The Bertz CT molecular complexity index is 376. The highest BCUT2D eigenvalue weighted by atomic mass is 16.6. The molecule has 0 atom stereocenters. The molecule has 0 bridgehead atoms. The molecule has 0 aromatic heterocycles. The molecule has 0 radical (unpaired) electrons. The fourth-order valence-electron chi connectivity index (χ4n) is 1.50. The predicted molar refractivity (Wildman–Crippen MR) is 55.2 cm³/mol. The van der Waals surface area contributed by atoms with Gasteiger partial charge in [-0.05, 0) is 17.7 Å². The van der Waals surface area contributed by atoms with Gasteiger partial charge in [0.25, 0.3) is 0 Å². The molecule has 0 spiro atoms. The van der Waals surface area contributed by atoms with E-state index in [0.29, 0.717) is 25.4 Å². The van der Waals surface area contributed by atoms with E-state index in [1.165, 1.54) is 0 Å². The van der Waals surface area contributed by atoms with Crippen LogP contribution in [0.25, 0.3) is 0 Å². The molecule has 1 heterocycles. The Morgan fingerprint density at radius 1 is 1.27 bits per heavy atom. The van der Waals surface area contributed by atoms with Crippen molar-refractivity contribution in [2.75, 3.05) is 19.8 Å². The highest BCUT2D eigenvalue weighted by Gasteiger charge is 2.12. The molecule has 1 aromatic rings. The lowest BCUT2D eigenvalue weighted by molar-refractivity contribution is -0.117. The molecule has 80 valence electrons. The molecular formula is C11H13NO3. The average Bonchev–Trinajstić information content (AvgIpc) is 2.29. The van der Waals surface area contributed by atoms with Crippen molar-refractivity contribution in [1.82, 2.24) is 0 Å². The van der Waals surface area contributed by atoms with Crippen LogP contribution in [-0.4, -0.2) is 25.5 Å². The zero-order valence-corrected chi connectivity index (χ0v) is 8.36. The quantitative estimate of drug-likeness (QED) is 0.785. The van der Waals surface area contributed by atoms with Crippen molar-refractivity contribution < 1.29 is 14.3 Å². The molecule has 2 rings (SSSR count). The first kappa shape index (κ1) is 9.98. The van der Waals surface area contributed by atoms with E-state index in [-0.39, 0.29) is 12.3 Å². The normalized spacial score (nSPS) is 13.7. The van der Waals surface area contributed by atoms with Gasteiger partial charge in [-0.25, -0.2) is 0 Å². The maximum Gasteiger partial charge on any atom is 0.161 e. The number of nitrogens with two attached hydrogens (primary N) is 1. The second-order valence-electron chi connectivity index (χ2n) is 3.40. The summed E-state index contributed by atoms with van der Waals surface area (Å²) in [6.45, 7) is 1.21. The lowest BCUT2D eigenvalue weighted by Crippen LogP contribution is -2.17. The van der Waals surface area contributed by atoms with Gasteiger partial charge in [-0.1, -0.05) is 6.07 Å². The van der Waals surface area contributed by atoms with Crippen molar-refractivity contribution in [2.45, 2.75) is 6.42 Å². The molecule has 0 fully saturated rings. The van der Waals surface area contributed by atoms with Crippen molar-refractivity contribution in [3.63, 3.8) is 0 Å². The standard InChI is InChI=1S/C11H13NO3/c12-7-9(13)5-8-1-2-10-11(6-8)15-4-3-14-10/h1-2,6H,3-5,7,12H2. The number of carbonyl (C=O) groups is 1. The molecule has 0 aliphatic carbocycles. The van der Waals surface area contributed by atoms with E-state index < -0.39 is 0 Å². The van der Waals surface area contributed by atoms with E-state index >= 15 is 0 Å². The van der Waals surface area contributed by atoms with Crippen LogP contribution in [-0.2, 0) is 11.2 Å². The van der Waals surface area contributed by atoms with Crippen LogP contribution in [0.15, 0.2) is 18.2 Å². The molecule has 0 saturated heterocycles. The predicted octanol–water partition coefficient (Wildman–Crippen LogP) is 0.528. The summed E-state index contributed by atoms with van der Waals surface area (Å²) < 4.78 is 10.8. The largest absolute Gasteiger partial charge is 0.486 e. The molecule has 15 heavy (non-hydrogen) atoms. The number of Topliss-reactive ketones (excluding diaryl/α,β-unsaturated/α-hetero) is 1. The molecule has 0 saturated carbocycles. The Labute approximate surface area is 88.0 Å². The lowest BCUT2D eigenvalue weighted by atomic mass is 10.1. The average molecular weight is 207 g/mol. The fraction of sp³-hybridized carbons (Fsp3) is 0.364. The number of benzene rings is 1. The van der Waals surface area contributed by atoms with E-state index in [1.54, 1.807) is 0 Å². The van der Waals surface area contributed by atoms with Crippen LogP contribution in [0.1, 0.15) is 5.56 Å². The summed E-state index contributed by atoms with van der Waals surface area (Å²) >= 11 is 0. The van der Waals surface area contributed by atoms with Crippen molar-refractivity contribution in [1.29, 1.82) is 0 Å². The maximum absolute atomic E-state index is 11.2. The zero-order chi connectivity index (χ0) is 10.7. The number of carbonyl (C=O) groups excluding carboxylic acids is 1. The number of fused-ring (bicyclic) bond motifs is 1. The number of rotatable bonds is 3. The Hall–Kier alpha value is -1.55. The molecule has 0 unspecified atom stereocenters. The van der Waals surface area contributed by atoms with E-state index in [0.717, 1.165) is 11.3 Å². The fourth-order valence-corrected chi connectivity index (χ4v) is 1.50. The first-order valence-corrected chi connectivity index (χ1v) is 4.90. The third kappa shape index (κ3) is 2.27. The van der Waals surface area contributed by atoms with Gasteiger partial charge in [-0.15, -0.1) is 0 Å². The minimum atomic E-state index is 0.0201. The summed E-state index contributed by atoms with van der Waals surface area (Å²) in [7, 11) is 0. The smallest absolute Gasteiger partial charge is 0.161 e. The Balaban J connectivity index is 2.17. The van der Waals surface area contributed by atoms with Crippen LogP contribution >= 0.6 is 0 Å². The topological polar surface area (TPSA) is 61.6 Å². The van der Waals surface area contributed by atoms with Gasteiger partial charge in [0.15, 0.2) is 17.3 Å². The van der Waals surface area contributed by atoms with Gasteiger partial charge >= 0.3 is 0 Å². The van der Waals surface area contributed by atoms with Crippen LogP contribution in [0.5, 0.6) is 11.5 Å². The second-order valence-corrected chi connectivity index (χ2v) is 3.40. The molecule has 1 aliphatic rings. The van der Waals surface area contributed by atoms with E-state index in [4.69, 9.17) is 15.2 Å². The van der Waals surface area contributed by atoms with Crippen molar-refractivity contribution in [3.8, 4) is 11.5 Å². The summed E-state index contributed by atoms with van der Waals surface area (Å²) in [5, 5.41) is 0. The molecule has 0 amide bonds. The van der Waals surface area contributed by atoms with Gasteiger partial charge < -0.3 is 15.2 Å². The van der Waals surface area contributed by atoms with Crippen LogP contribution in [0, 0.1) is 0 Å². The summed E-state index contributed by atoms with van der Waals surface area (Å²) in [5.41, 5.74) is 6.16. The van der Waals surface area contributed by atoms with Crippen LogP contribution in [0.3, 0.4) is 0 Å². The number of ether oxygens (including phenoxy) is 2. The molecular weight excluding hydrogens is 194 g/mol. The summed E-state index contributed by atoms with van der Waals surface area (Å²) in [6, 6.07) is 5.52. The molecule has 1 aromatic carbocycles. The van der Waals surface area contributed by atoms with Gasteiger partial charge in [0, 0.05) is 6.42 Å². The SMILES string of the molecule is NCC(=O)Cc1ccc2c(c1)OCCO2. The van der Waals surface area contributed by atoms with Gasteiger partial charge in [0.05, 0.1) is 6.54 Å². The number of ketones is 1. The summed E-state index contributed by atoms with van der Waals surface area (Å²) in [5.74, 6) is 1.47. The first-order chi connectivity index (χ1) is 7.29. The number of hydrogen-bond donors (Lipinski definition) is 1. The monoisotopic (exact) mass is 207 g/mol. The Kier molecular flexibility index (Phi) is 2.87. The van der Waals surface area contributed by atoms with Crippen LogP contribution in [0.4, 0.5) is 0 Å². The van der Waals surface area contributed by atoms with Gasteiger partial charge in [-0.3, -0.25) is 4.79 Å². The summed E-state index contributed by atoms with van der Waals surface area (Å²) in [6.07, 6.45) is 0.354. The first-order valence-electron chi connectivity index (χ1n) is 4.90. The minimum Gasteiger partial charge on any atom is -0.486 e. The van der Waals surface area contributed by atoms with Crippen LogP contribution < -0.4 is 15.2 Å². The molecule has 1 aliphatic heterocycles. The number of hydrogen-bond acceptors (Lipinski definition) is 4. The highest BCUT2D eigenvalue weighted by Crippen LogP contribution is 2.30. The van der Waals surface area contributed by atoms with Gasteiger partial charge in [0.1, 0.15) is 13.2 Å². The maximum atomic E-state index is 11.2. The zero-order valence-electron chi connectivity index (χ0n) is 8.36. The van der Waals surface area contributed by atoms with Crippen molar-refractivity contribution >= 4 is 5.78 Å². The summed E-state index contributed by atoms with van der Waals surface area (Å²) in [4.78, 5) is 11.2. The lowest BCUT2D eigenvalue weighted by Gasteiger charge is -2.18. The third-order valence-corrected chi connectivity index (χ3v) is 2.24. The Morgan fingerprint density at radius 3 is 2.73 bits per heavy atom. The van der Waals surface area contributed by atoms with Gasteiger partial charge in [0.2, 0.25) is 0 Å². The minimum absolute atomic E-state index is 0.0201. The van der Waals surface area contributed by atoms with Crippen molar-refractivity contribution in [3.05, 3.63) is 23.8 Å². The van der Waals surface area contributed by atoms with E-state index in [2.05, 4.69) is 0 Å². The molecule has 4 heteroatoms. The second kappa shape index (κ2) is 4.31. The van der Waals surface area contributed by atoms with E-state index in [9.17, 15) is 4.79 Å². The van der Waals surface area contributed by atoms with Crippen molar-refractivity contribution in [2.24, 2.45) is 5.73 Å². The molecule has 4 nitrogen and oxygen atoms in total. The van der Waals surface area contributed by atoms with E-state index in [1.807, 2.05) is 18.2 Å². The molecule has 2 N–H and O–H groups in total. The third-order valence-electron chi connectivity index (χ3n) is 2.24. The Morgan fingerprint density at radius 2 is 2.00 bits per heavy atom. The highest BCUT2D eigenvalue weighted by molar-refractivity contribution is 5.82.